The van der Waals surface area contributed by atoms with Crippen LogP contribution in [0.1, 0.15) is 110 Å². The van der Waals surface area contributed by atoms with Crippen LogP contribution in [-0.4, -0.2) is 283 Å². The quantitative estimate of drug-likeness (QED) is 0.0199. The molecule has 574 valence electrons. The van der Waals surface area contributed by atoms with E-state index in [1.165, 1.54) is 4.90 Å². The lowest BCUT2D eigenvalue weighted by Gasteiger charge is -2.33. The van der Waals surface area contributed by atoms with Gasteiger partial charge >= 0.3 is 11.9 Å². The van der Waals surface area contributed by atoms with E-state index in [2.05, 4.69) is 83.7 Å². The summed E-state index contributed by atoms with van der Waals surface area (Å²) in [6, 6.07) is -21.3. The van der Waals surface area contributed by atoms with Gasteiger partial charge < -0.3 is 128 Å². The first-order valence-electron chi connectivity index (χ1n) is 32.5. The number of aliphatic hydroxyl groups excluding tert-OH is 3. The fraction of sp³-hybridized carbons (Fsp3) is 0.690. The van der Waals surface area contributed by atoms with Crippen LogP contribution in [0.3, 0.4) is 0 Å². The molecule has 15 atom stereocenters. The molecule has 16 amide bonds. The summed E-state index contributed by atoms with van der Waals surface area (Å²) >= 11 is 8.20. The van der Waals surface area contributed by atoms with Crippen LogP contribution in [-0.2, 0) is 86.3 Å². The summed E-state index contributed by atoms with van der Waals surface area (Å²) in [4.78, 5) is 238. The predicted octanol–water partition coefficient (Wildman–Crippen LogP) is -12.3. The Morgan fingerprint density at radius 1 is 0.471 bits per heavy atom. The fourth-order valence-corrected chi connectivity index (χ4v) is 11.0. The van der Waals surface area contributed by atoms with Crippen molar-refractivity contribution < 1.29 is 112 Å². The van der Waals surface area contributed by atoms with E-state index >= 15 is 0 Å². The molecule has 0 aliphatic carbocycles. The van der Waals surface area contributed by atoms with Crippen LogP contribution >= 0.6 is 25.3 Å². The van der Waals surface area contributed by atoms with Crippen molar-refractivity contribution in [2.24, 2.45) is 34.4 Å². The van der Waals surface area contributed by atoms with Crippen LogP contribution < -0.4 is 92.9 Å². The molecule has 42 nitrogen and oxygen atoms in total. The Labute approximate surface area is 595 Å². The number of primary amides is 3. The number of likely N-dealkylation sites (tertiary alicyclic amines) is 2. The standard InChI is InChI=1S/C58H97N19O23S2/c1-26(79)44(74-46(87)28(61)13-14-39(62)81)54(95)69-31(19-40(63)82)49(90)72-35(24-101)52(93)71-34(23-78)56(97)77-18-8-12-38(77)57(98)76-17-7-11-37(76)53(94)65-22-42(84)66-29(9-3-5-15-59)48(89)75-45(27(2)80)55(96)73-36(25-102)51(92)68-32(21-43(85)86)50(91)67-30(10-4-6-16-60)47(88)70-33(58(99)100)20-41(64)83/h26-38,44-45,78-80,101-102H,3-25,59-61H2,1-2H3,(H2,62,81)(H2,63,82)(H2,64,83)(H,65,94)(H,66,84)(H,67,91)(H,68,92)(H,69,95)(H,70,88)(H,71,93)(H,72,90)(H,73,96)(H,74,87)(H,75,89)(H,85,86)(H,99,100)/t26-,27-,28+,29+,30+,31+,32+,33+,34+,35+,36+,37+,38+,44+,45+/m1/s1. The maximum atomic E-state index is 14.3. The Morgan fingerprint density at radius 3 is 1.34 bits per heavy atom. The number of carbonyl (C=O) groups is 18. The van der Waals surface area contributed by atoms with Gasteiger partial charge in [0, 0.05) is 31.0 Å². The second-order valence-corrected chi connectivity index (χ2v) is 24.8. The molecule has 0 unspecified atom stereocenters. The van der Waals surface area contributed by atoms with Crippen molar-refractivity contribution in [2.45, 2.75) is 201 Å². The molecular weight excluding hydrogens is 1390 g/mol. The van der Waals surface area contributed by atoms with Gasteiger partial charge in [0.25, 0.3) is 0 Å². The van der Waals surface area contributed by atoms with Crippen molar-refractivity contribution in [1.82, 2.24) is 68.3 Å². The first-order valence-corrected chi connectivity index (χ1v) is 33.8. The highest BCUT2D eigenvalue weighted by molar-refractivity contribution is 7.80. The molecular formula is C58H97N19O23S2. The Bertz CT molecular complexity index is 3010. The van der Waals surface area contributed by atoms with E-state index in [0.29, 0.717) is 12.8 Å². The Kier molecular flexibility index (Phi) is 39.3. The molecule has 102 heavy (non-hydrogen) atoms. The average molecular weight is 1490 g/mol. The van der Waals surface area contributed by atoms with Crippen molar-refractivity contribution >= 4 is 132 Å². The number of carbonyl (C=O) groups excluding carboxylic acids is 16. The number of aliphatic hydroxyl groups is 3. The summed E-state index contributed by atoms with van der Waals surface area (Å²) in [6.07, 6.45) is -5.30. The number of rotatable bonds is 47. The zero-order valence-electron chi connectivity index (χ0n) is 56.3. The second-order valence-electron chi connectivity index (χ2n) is 24.1. The largest absolute Gasteiger partial charge is 0.481 e. The Morgan fingerprint density at radius 2 is 0.873 bits per heavy atom. The summed E-state index contributed by atoms with van der Waals surface area (Å²) in [5.41, 5.74) is 32.5. The van der Waals surface area contributed by atoms with E-state index in [4.69, 9.17) is 34.4 Å². The molecule has 0 spiro atoms. The third-order valence-electron chi connectivity index (χ3n) is 15.9. The number of carboxylic acid groups (broad SMARTS) is 2. The first kappa shape index (κ1) is 89.0. The van der Waals surface area contributed by atoms with Crippen molar-refractivity contribution in [3.63, 3.8) is 0 Å². The molecule has 0 aromatic carbocycles. The maximum Gasteiger partial charge on any atom is 0.326 e. The molecule has 2 fully saturated rings. The van der Waals surface area contributed by atoms with Gasteiger partial charge in [0.2, 0.25) is 94.5 Å². The van der Waals surface area contributed by atoms with E-state index in [0.717, 1.165) is 18.7 Å². The molecule has 0 bridgehead atoms. The molecule has 44 heteroatoms. The number of carboxylic acids is 2. The number of nitrogens with zero attached hydrogens (tertiary/aromatic N) is 2. The number of thiol groups is 2. The third kappa shape index (κ3) is 29.9. The molecule has 2 rings (SSSR count). The Hall–Kier alpha value is -9.08. The number of nitrogens with two attached hydrogens (primary N) is 6. The minimum atomic E-state index is -1.97. The predicted molar refractivity (Wildman–Crippen MR) is 360 cm³/mol. The summed E-state index contributed by atoms with van der Waals surface area (Å²) in [5, 5.41) is 75.4. The van der Waals surface area contributed by atoms with Crippen LogP contribution in [0.15, 0.2) is 0 Å². The van der Waals surface area contributed by atoms with Crippen LogP contribution in [0.4, 0.5) is 0 Å². The summed E-state index contributed by atoms with van der Waals surface area (Å²) < 4.78 is 0. The number of unbranched alkanes of at least 4 members (excludes halogenated alkanes) is 2. The number of amides is 16. The number of hydrogen-bond acceptors (Lipinski definition) is 26. The van der Waals surface area contributed by atoms with Crippen molar-refractivity contribution in [1.29, 1.82) is 0 Å². The molecule has 2 saturated heterocycles. The van der Waals surface area contributed by atoms with Crippen molar-refractivity contribution in [3.8, 4) is 0 Å². The zero-order chi connectivity index (χ0) is 77.2. The number of nitrogens with one attached hydrogen (secondary N) is 11. The average Bonchev–Trinajstić information content (AvgIpc) is 1.64. The molecule has 0 saturated carbocycles. The smallest absolute Gasteiger partial charge is 0.326 e. The van der Waals surface area contributed by atoms with Gasteiger partial charge in [-0.25, -0.2) is 4.79 Å². The zero-order valence-corrected chi connectivity index (χ0v) is 58.1. The highest BCUT2D eigenvalue weighted by Crippen LogP contribution is 2.26. The number of aliphatic carboxylic acids is 2. The third-order valence-corrected chi connectivity index (χ3v) is 16.7. The van der Waals surface area contributed by atoms with E-state index in [1.54, 1.807) is 0 Å². The van der Waals surface area contributed by atoms with Crippen LogP contribution in [0.5, 0.6) is 0 Å². The highest BCUT2D eigenvalue weighted by Gasteiger charge is 2.45. The summed E-state index contributed by atoms with van der Waals surface area (Å²) in [7, 11) is 0. The fourth-order valence-electron chi connectivity index (χ4n) is 10.4. The van der Waals surface area contributed by atoms with Gasteiger partial charge in [0.05, 0.1) is 50.7 Å². The monoisotopic (exact) mass is 1490 g/mol. The van der Waals surface area contributed by atoms with E-state index in [-0.39, 0.29) is 90.4 Å². The van der Waals surface area contributed by atoms with Gasteiger partial charge in [-0.2, -0.15) is 25.3 Å². The van der Waals surface area contributed by atoms with Crippen LogP contribution in [0.25, 0.3) is 0 Å². The number of hydrogen-bond donors (Lipinski definition) is 24. The Balaban J connectivity index is 2.21. The normalized spacial score (nSPS) is 17.9. The van der Waals surface area contributed by atoms with Gasteiger partial charge in [0.15, 0.2) is 0 Å². The highest BCUT2D eigenvalue weighted by atomic mass is 32.1. The van der Waals surface area contributed by atoms with Crippen molar-refractivity contribution in [2.75, 3.05) is 50.8 Å². The van der Waals surface area contributed by atoms with Crippen molar-refractivity contribution in [3.05, 3.63) is 0 Å². The molecule has 2 heterocycles. The molecule has 0 radical (unpaired) electrons. The molecule has 0 aromatic rings. The molecule has 2 aliphatic rings. The van der Waals surface area contributed by atoms with Gasteiger partial charge in [-0.15, -0.1) is 0 Å². The molecule has 28 N–H and O–H groups in total. The lowest BCUT2D eigenvalue weighted by molar-refractivity contribution is -0.148. The lowest BCUT2D eigenvalue weighted by atomic mass is 10.1. The maximum absolute atomic E-state index is 14.3. The SMILES string of the molecule is C[C@@H](O)[C@H](NC(=O)[C@H](CCCCN)NC(=O)CNC(=O)[C@@H]1CCCN1C(=O)[C@@H]1CCCN1C(=O)[C@H](CO)NC(=O)[C@H](CS)NC(=O)[C@H](CC(N)=O)NC(=O)[C@@H](NC(=O)[C@@H](N)CCC(N)=O)[C@@H](C)O)C(=O)N[C@@H](CS)C(=O)N[C@@H](CC(=O)O)C(=O)N[C@@H](CCCCN)C(=O)N[C@@H](CC(N)=O)C(=O)O. The summed E-state index contributed by atoms with van der Waals surface area (Å²) in [6.45, 7) is 0.570. The van der Waals surface area contributed by atoms with Gasteiger partial charge in [0.1, 0.15) is 72.5 Å². The minimum Gasteiger partial charge on any atom is -0.481 e. The molecule has 0 aromatic heterocycles. The second kappa shape index (κ2) is 45.0. The van der Waals surface area contributed by atoms with Gasteiger partial charge in [-0.1, -0.05) is 0 Å². The van der Waals surface area contributed by atoms with Gasteiger partial charge in [-0.05, 0) is 97.6 Å². The summed E-state index contributed by atoms with van der Waals surface area (Å²) in [5.74, 6) is -21.2. The van der Waals surface area contributed by atoms with Crippen LogP contribution in [0.2, 0.25) is 0 Å². The van der Waals surface area contributed by atoms with E-state index < -0.39 is 241 Å². The topological polar surface area (TPSA) is 703 Å². The first-order chi connectivity index (χ1) is 48.0. The molecule has 2 aliphatic heterocycles. The van der Waals surface area contributed by atoms with E-state index in [9.17, 15) is 112 Å². The van der Waals surface area contributed by atoms with E-state index in [1.807, 2.05) is 0 Å². The van der Waals surface area contributed by atoms with Gasteiger partial charge in [-0.3, -0.25) is 81.5 Å². The minimum absolute atomic E-state index is 0.00612. The lowest BCUT2D eigenvalue weighted by Crippen LogP contribution is -2.62. The van der Waals surface area contributed by atoms with Crippen LogP contribution in [0, 0.1) is 0 Å².